The highest BCUT2D eigenvalue weighted by molar-refractivity contribution is 4.90. The van der Waals surface area contributed by atoms with Crippen LogP contribution in [-0.4, -0.2) is 36.6 Å². The predicted octanol–water partition coefficient (Wildman–Crippen LogP) is 3.28. The van der Waals surface area contributed by atoms with E-state index in [4.69, 9.17) is 0 Å². The Morgan fingerprint density at radius 1 is 1.18 bits per heavy atom. The molecule has 0 radical (unpaired) electrons. The first-order valence-electron chi connectivity index (χ1n) is 7.47. The van der Waals surface area contributed by atoms with Gasteiger partial charge in [0.25, 0.3) is 0 Å². The van der Waals surface area contributed by atoms with E-state index in [9.17, 15) is 0 Å². The van der Waals surface area contributed by atoms with Crippen LogP contribution in [0.4, 0.5) is 0 Å². The van der Waals surface area contributed by atoms with Gasteiger partial charge >= 0.3 is 0 Å². The van der Waals surface area contributed by atoms with E-state index in [0.29, 0.717) is 5.54 Å². The first-order valence-corrected chi connectivity index (χ1v) is 7.47. The lowest BCUT2D eigenvalue weighted by atomic mass is 9.87. The number of nitrogens with one attached hydrogen (secondary N) is 1. The fourth-order valence-corrected chi connectivity index (χ4v) is 2.84. The minimum absolute atomic E-state index is 0.380. The molecule has 0 bridgehead atoms. The monoisotopic (exact) mass is 240 g/mol. The van der Waals surface area contributed by atoms with Gasteiger partial charge < -0.3 is 10.2 Å². The summed E-state index contributed by atoms with van der Waals surface area (Å²) in [5, 5.41) is 3.48. The third kappa shape index (κ3) is 4.26. The Hall–Kier alpha value is -0.0800. The van der Waals surface area contributed by atoms with Crippen molar-refractivity contribution in [1.82, 2.24) is 10.2 Å². The molecule has 1 fully saturated rings. The highest BCUT2D eigenvalue weighted by atomic mass is 15.2. The number of likely N-dealkylation sites (tertiary alicyclic amines) is 1. The minimum atomic E-state index is 0.380. The zero-order valence-corrected chi connectivity index (χ0v) is 12.6. The van der Waals surface area contributed by atoms with Gasteiger partial charge in [-0.1, -0.05) is 27.2 Å². The number of hydrogen-bond acceptors (Lipinski definition) is 2. The molecule has 0 saturated carbocycles. The normalized spacial score (nSPS) is 24.5. The molecule has 1 saturated heterocycles. The van der Waals surface area contributed by atoms with E-state index in [1.807, 2.05) is 0 Å². The summed E-state index contributed by atoms with van der Waals surface area (Å²) >= 11 is 0. The van der Waals surface area contributed by atoms with Crippen molar-refractivity contribution in [2.24, 2.45) is 5.92 Å². The van der Waals surface area contributed by atoms with Crippen molar-refractivity contribution in [2.45, 2.75) is 71.4 Å². The average molecular weight is 240 g/mol. The summed E-state index contributed by atoms with van der Waals surface area (Å²) in [6.45, 7) is 12.0. The van der Waals surface area contributed by atoms with E-state index in [1.54, 1.807) is 0 Å². The van der Waals surface area contributed by atoms with Crippen LogP contribution in [0, 0.1) is 5.92 Å². The summed E-state index contributed by atoms with van der Waals surface area (Å²) < 4.78 is 0. The molecule has 0 aromatic heterocycles. The lowest BCUT2D eigenvalue weighted by molar-refractivity contribution is 0.0948. The van der Waals surface area contributed by atoms with Gasteiger partial charge in [0.05, 0.1) is 0 Å². The van der Waals surface area contributed by atoms with Gasteiger partial charge in [0.15, 0.2) is 0 Å². The van der Waals surface area contributed by atoms with Crippen LogP contribution in [0.15, 0.2) is 0 Å². The lowest BCUT2D eigenvalue weighted by Crippen LogP contribution is -2.52. The maximum Gasteiger partial charge on any atom is 0.0174 e. The molecule has 1 aliphatic heterocycles. The zero-order valence-electron chi connectivity index (χ0n) is 12.6. The molecule has 0 amide bonds. The van der Waals surface area contributed by atoms with Gasteiger partial charge in [-0.25, -0.2) is 0 Å². The van der Waals surface area contributed by atoms with Gasteiger partial charge in [-0.2, -0.15) is 0 Å². The Bertz CT molecular complexity index is 207. The van der Waals surface area contributed by atoms with Crippen molar-refractivity contribution in [3.63, 3.8) is 0 Å². The van der Waals surface area contributed by atoms with Crippen LogP contribution < -0.4 is 5.32 Å². The topological polar surface area (TPSA) is 15.3 Å². The highest BCUT2D eigenvalue weighted by Crippen LogP contribution is 2.26. The molecule has 102 valence electrons. The van der Waals surface area contributed by atoms with E-state index in [-0.39, 0.29) is 0 Å². The summed E-state index contributed by atoms with van der Waals surface area (Å²) in [5.74, 6) is 0.873. The van der Waals surface area contributed by atoms with Gasteiger partial charge in [-0.15, -0.1) is 0 Å². The molecule has 1 N–H and O–H groups in total. The molecular weight excluding hydrogens is 208 g/mol. The molecular formula is C15H32N2. The number of nitrogens with zero attached hydrogens (tertiary/aromatic N) is 1. The van der Waals surface area contributed by atoms with Crippen LogP contribution in [0.1, 0.15) is 59.8 Å². The van der Waals surface area contributed by atoms with Crippen molar-refractivity contribution in [1.29, 1.82) is 0 Å². The van der Waals surface area contributed by atoms with Gasteiger partial charge in [-0.05, 0) is 45.6 Å². The Kier molecular flexibility index (Phi) is 5.94. The number of hydrogen-bond donors (Lipinski definition) is 1. The summed E-state index contributed by atoms with van der Waals surface area (Å²) in [6, 6.07) is 0.811. The molecule has 1 heterocycles. The molecule has 2 atom stereocenters. The van der Waals surface area contributed by atoms with Crippen molar-refractivity contribution in [3.8, 4) is 0 Å². The Morgan fingerprint density at radius 2 is 1.76 bits per heavy atom. The predicted molar refractivity (Wildman–Crippen MR) is 76.4 cm³/mol. The molecule has 1 rings (SSSR count). The Labute approximate surface area is 108 Å². The molecule has 0 aromatic rings. The highest BCUT2D eigenvalue weighted by Gasteiger charge is 2.31. The van der Waals surface area contributed by atoms with E-state index in [2.05, 4.69) is 45.0 Å². The molecule has 0 aromatic carbocycles. The minimum Gasteiger partial charge on any atom is -0.314 e. The molecule has 2 unspecified atom stereocenters. The van der Waals surface area contributed by atoms with Crippen LogP contribution in [0.2, 0.25) is 0 Å². The van der Waals surface area contributed by atoms with Crippen LogP contribution >= 0.6 is 0 Å². The number of rotatable bonds is 6. The summed E-state index contributed by atoms with van der Waals surface area (Å²) in [4.78, 5) is 2.73. The van der Waals surface area contributed by atoms with E-state index in [0.717, 1.165) is 12.0 Å². The summed E-state index contributed by atoms with van der Waals surface area (Å²) in [5.41, 5.74) is 0.380. The van der Waals surface area contributed by atoms with Crippen LogP contribution in [0.25, 0.3) is 0 Å². The van der Waals surface area contributed by atoms with E-state index >= 15 is 0 Å². The molecule has 17 heavy (non-hydrogen) atoms. The van der Waals surface area contributed by atoms with Gasteiger partial charge in [-0.3, -0.25) is 0 Å². The van der Waals surface area contributed by atoms with Crippen LogP contribution in [-0.2, 0) is 0 Å². The third-order valence-electron chi connectivity index (χ3n) is 4.86. The SMILES string of the molecule is CCC(C)CC(CC)N1CCC(C)(NC)CC1. The smallest absolute Gasteiger partial charge is 0.0174 e. The zero-order chi connectivity index (χ0) is 12.9. The van der Waals surface area contributed by atoms with Crippen molar-refractivity contribution >= 4 is 0 Å². The molecule has 0 spiro atoms. The Balaban J connectivity index is 2.45. The van der Waals surface area contributed by atoms with Gasteiger partial charge in [0, 0.05) is 24.7 Å². The first kappa shape index (κ1) is 15.0. The van der Waals surface area contributed by atoms with Crippen molar-refractivity contribution < 1.29 is 0 Å². The number of piperidine rings is 1. The maximum atomic E-state index is 3.48. The van der Waals surface area contributed by atoms with Gasteiger partial charge in [0.1, 0.15) is 0 Å². The fourth-order valence-electron chi connectivity index (χ4n) is 2.84. The second-order valence-electron chi connectivity index (χ2n) is 6.16. The standard InChI is InChI=1S/C15H32N2/c1-6-13(3)12-14(7-2)17-10-8-15(4,16-5)9-11-17/h13-14,16H,6-12H2,1-5H3. The first-order chi connectivity index (χ1) is 8.04. The second-order valence-corrected chi connectivity index (χ2v) is 6.16. The summed E-state index contributed by atoms with van der Waals surface area (Å²) in [7, 11) is 2.10. The van der Waals surface area contributed by atoms with Crippen LogP contribution in [0.5, 0.6) is 0 Å². The molecule has 2 heteroatoms. The fraction of sp³-hybridized carbons (Fsp3) is 1.00. The molecule has 0 aliphatic carbocycles. The van der Waals surface area contributed by atoms with E-state index < -0.39 is 0 Å². The maximum absolute atomic E-state index is 3.48. The molecule has 2 nitrogen and oxygen atoms in total. The Morgan fingerprint density at radius 3 is 2.18 bits per heavy atom. The van der Waals surface area contributed by atoms with Crippen molar-refractivity contribution in [2.75, 3.05) is 20.1 Å². The van der Waals surface area contributed by atoms with Crippen LogP contribution in [0.3, 0.4) is 0 Å². The third-order valence-corrected chi connectivity index (χ3v) is 4.86. The van der Waals surface area contributed by atoms with Crippen molar-refractivity contribution in [3.05, 3.63) is 0 Å². The lowest BCUT2D eigenvalue weighted by Gasteiger charge is -2.43. The molecule has 1 aliphatic rings. The largest absolute Gasteiger partial charge is 0.314 e. The van der Waals surface area contributed by atoms with E-state index in [1.165, 1.54) is 45.2 Å². The van der Waals surface area contributed by atoms with Gasteiger partial charge in [0.2, 0.25) is 0 Å². The summed E-state index contributed by atoms with van der Waals surface area (Å²) in [6.07, 6.45) is 6.59. The second kappa shape index (κ2) is 6.75. The average Bonchev–Trinajstić information content (AvgIpc) is 2.37. The quantitative estimate of drug-likeness (QED) is 0.766.